The van der Waals surface area contributed by atoms with Crippen molar-refractivity contribution >= 4 is 23.5 Å². The van der Waals surface area contributed by atoms with Crippen LogP contribution in [-0.2, 0) is 9.59 Å². The van der Waals surface area contributed by atoms with Crippen LogP contribution in [0.15, 0.2) is 12.1 Å². The van der Waals surface area contributed by atoms with Gasteiger partial charge in [0, 0.05) is 13.0 Å². The van der Waals surface area contributed by atoms with Crippen molar-refractivity contribution in [2.75, 3.05) is 32.6 Å². The van der Waals surface area contributed by atoms with E-state index in [1.54, 1.807) is 0 Å². The highest BCUT2D eigenvalue weighted by Crippen LogP contribution is 2.37. The van der Waals surface area contributed by atoms with Gasteiger partial charge in [0.25, 0.3) is 0 Å². The van der Waals surface area contributed by atoms with E-state index in [1.165, 1.54) is 20.3 Å². The minimum Gasteiger partial charge on any atom is -0.493 e. The first-order valence-electron chi connectivity index (χ1n) is 7.70. The monoisotopic (exact) mass is 390 g/mol. The largest absolute Gasteiger partial charge is 0.493 e. The van der Waals surface area contributed by atoms with Gasteiger partial charge in [0.1, 0.15) is 6.54 Å². The molecule has 0 radical (unpaired) electrons. The molecule has 11 heteroatoms. The second-order valence-electron chi connectivity index (χ2n) is 5.84. The summed E-state index contributed by atoms with van der Waals surface area (Å²) in [5, 5.41) is 11.6. The molecule has 1 aromatic rings. The Morgan fingerprint density at radius 3 is 2.48 bits per heavy atom. The van der Waals surface area contributed by atoms with E-state index < -0.39 is 36.4 Å². The number of carbonyl (C=O) groups is 3. The summed E-state index contributed by atoms with van der Waals surface area (Å²) in [7, 11) is 2.55. The lowest BCUT2D eigenvalue weighted by Gasteiger charge is -2.19. The molecule has 1 aliphatic rings. The van der Waals surface area contributed by atoms with Crippen molar-refractivity contribution in [1.29, 1.82) is 0 Å². The van der Waals surface area contributed by atoms with E-state index >= 15 is 0 Å². The molecular weight excluding hydrogens is 373 g/mol. The van der Waals surface area contributed by atoms with Crippen LogP contribution in [0, 0.1) is 5.92 Å². The number of benzene rings is 1. The van der Waals surface area contributed by atoms with E-state index in [0.717, 1.165) is 6.07 Å². The summed E-state index contributed by atoms with van der Waals surface area (Å²) < 4.78 is 47.6. The number of nitrogens with one attached hydrogen (secondary N) is 1. The number of likely N-dealkylation sites (tertiary alicyclic amines) is 1. The number of halogens is 3. The summed E-state index contributed by atoms with van der Waals surface area (Å²) >= 11 is 0. The van der Waals surface area contributed by atoms with Crippen LogP contribution >= 0.6 is 0 Å². The lowest BCUT2D eigenvalue weighted by Crippen LogP contribution is -2.36. The van der Waals surface area contributed by atoms with Gasteiger partial charge in [-0.15, -0.1) is 0 Å². The fraction of sp³-hybridized carbons (Fsp3) is 0.438. The van der Waals surface area contributed by atoms with E-state index in [1.807, 2.05) is 0 Å². The SMILES string of the molecule is COc1cc(C(=O)O)cc(NC(=O)C2CC(=O)N(CC(F)(F)F)C2)c1OC. The van der Waals surface area contributed by atoms with Crippen molar-refractivity contribution in [3.05, 3.63) is 17.7 Å². The highest BCUT2D eigenvalue weighted by Gasteiger charge is 2.40. The number of alkyl halides is 3. The van der Waals surface area contributed by atoms with Crippen LogP contribution in [0.3, 0.4) is 0 Å². The number of rotatable bonds is 6. The molecule has 1 aromatic carbocycles. The molecule has 148 valence electrons. The van der Waals surface area contributed by atoms with Gasteiger partial charge < -0.3 is 24.8 Å². The van der Waals surface area contributed by atoms with Gasteiger partial charge in [-0.25, -0.2) is 4.79 Å². The van der Waals surface area contributed by atoms with Crippen molar-refractivity contribution in [1.82, 2.24) is 4.90 Å². The lowest BCUT2D eigenvalue weighted by atomic mass is 10.1. The predicted molar refractivity (Wildman–Crippen MR) is 85.9 cm³/mol. The Bertz CT molecular complexity index is 765. The second kappa shape index (κ2) is 7.72. The van der Waals surface area contributed by atoms with Crippen molar-refractivity contribution in [3.8, 4) is 11.5 Å². The van der Waals surface area contributed by atoms with Crippen molar-refractivity contribution in [2.45, 2.75) is 12.6 Å². The zero-order valence-corrected chi connectivity index (χ0v) is 14.4. The molecular formula is C16H17F3N2O6. The van der Waals surface area contributed by atoms with Gasteiger partial charge >= 0.3 is 12.1 Å². The van der Waals surface area contributed by atoms with E-state index in [4.69, 9.17) is 14.6 Å². The van der Waals surface area contributed by atoms with Crippen LogP contribution in [0.2, 0.25) is 0 Å². The molecule has 2 N–H and O–H groups in total. The van der Waals surface area contributed by atoms with E-state index in [2.05, 4.69) is 5.32 Å². The van der Waals surface area contributed by atoms with Gasteiger partial charge in [0.15, 0.2) is 11.5 Å². The third kappa shape index (κ3) is 4.80. The molecule has 1 unspecified atom stereocenters. The van der Waals surface area contributed by atoms with Crippen molar-refractivity contribution in [2.24, 2.45) is 5.92 Å². The Balaban J connectivity index is 2.21. The number of nitrogens with zero attached hydrogens (tertiary/aromatic N) is 1. The topological polar surface area (TPSA) is 105 Å². The second-order valence-corrected chi connectivity index (χ2v) is 5.84. The molecule has 0 aromatic heterocycles. The summed E-state index contributed by atoms with van der Waals surface area (Å²) in [6.07, 6.45) is -4.94. The molecule has 2 rings (SSSR count). The number of anilines is 1. The maximum absolute atomic E-state index is 12.5. The number of hydrogen-bond donors (Lipinski definition) is 2. The highest BCUT2D eigenvalue weighted by atomic mass is 19.4. The van der Waals surface area contributed by atoms with Gasteiger partial charge in [-0.05, 0) is 12.1 Å². The molecule has 1 saturated heterocycles. The first-order chi connectivity index (χ1) is 12.6. The molecule has 0 aliphatic carbocycles. The molecule has 27 heavy (non-hydrogen) atoms. The standard InChI is InChI=1S/C16H17F3N2O6/c1-26-11-4-8(15(24)25)3-10(13(11)27-2)20-14(23)9-5-12(22)21(6-9)7-16(17,18)19/h3-4,9H,5-7H2,1-2H3,(H,20,23)(H,24,25). The molecule has 2 amide bonds. The third-order valence-electron chi connectivity index (χ3n) is 3.94. The van der Waals surface area contributed by atoms with Crippen LogP contribution in [0.4, 0.5) is 18.9 Å². The van der Waals surface area contributed by atoms with Crippen molar-refractivity contribution < 1.29 is 42.1 Å². The Kier molecular flexibility index (Phi) is 5.82. The van der Waals surface area contributed by atoms with E-state index in [0.29, 0.717) is 4.90 Å². The van der Waals surface area contributed by atoms with E-state index in [9.17, 15) is 27.6 Å². The number of aromatic carboxylic acids is 1. The summed E-state index contributed by atoms with van der Waals surface area (Å²) in [4.78, 5) is 35.9. The molecule has 0 saturated carbocycles. The smallest absolute Gasteiger partial charge is 0.406 e. The molecule has 0 bridgehead atoms. The number of ether oxygens (including phenoxy) is 2. The minimum atomic E-state index is -4.56. The minimum absolute atomic E-state index is 0.0269. The first-order valence-corrected chi connectivity index (χ1v) is 7.70. The van der Waals surface area contributed by atoms with E-state index in [-0.39, 0.29) is 35.7 Å². The van der Waals surface area contributed by atoms with Gasteiger partial charge in [0.05, 0.1) is 31.4 Å². The van der Waals surface area contributed by atoms with Gasteiger partial charge in [0.2, 0.25) is 11.8 Å². The molecule has 1 aliphatic heterocycles. The highest BCUT2D eigenvalue weighted by molar-refractivity contribution is 6.00. The molecule has 8 nitrogen and oxygen atoms in total. The van der Waals surface area contributed by atoms with Crippen LogP contribution in [0.1, 0.15) is 16.8 Å². The Hall–Kier alpha value is -2.98. The normalized spacial score (nSPS) is 17.0. The summed E-state index contributed by atoms with van der Waals surface area (Å²) in [5.74, 6) is -3.70. The number of amides is 2. The predicted octanol–water partition coefficient (Wildman–Crippen LogP) is 1.75. The third-order valence-corrected chi connectivity index (χ3v) is 3.94. The first kappa shape index (κ1) is 20.3. The number of carboxylic acids is 1. The molecule has 1 atom stereocenters. The maximum atomic E-state index is 12.5. The van der Waals surface area contributed by atoms with Crippen molar-refractivity contribution in [3.63, 3.8) is 0 Å². The number of methoxy groups -OCH3 is 2. The summed E-state index contributed by atoms with van der Waals surface area (Å²) in [6.45, 7) is -1.82. The average molecular weight is 390 g/mol. The fourth-order valence-electron chi connectivity index (χ4n) is 2.73. The zero-order chi connectivity index (χ0) is 20.4. The number of carbonyl (C=O) groups excluding carboxylic acids is 2. The number of carboxylic acid groups (broad SMARTS) is 1. The maximum Gasteiger partial charge on any atom is 0.406 e. The molecule has 0 spiro atoms. The van der Waals surface area contributed by atoms with Crippen LogP contribution < -0.4 is 14.8 Å². The lowest BCUT2D eigenvalue weighted by molar-refractivity contribution is -0.157. The fourth-order valence-corrected chi connectivity index (χ4v) is 2.73. The van der Waals surface area contributed by atoms with Gasteiger partial charge in [-0.2, -0.15) is 13.2 Å². The summed E-state index contributed by atoms with van der Waals surface area (Å²) in [5.41, 5.74) is -0.217. The van der Waals surface area contributed by atoms with Gasteiger partial charge in [-0.3, -0.25) is 9.59 Å². The van der Waals surface area contributed by atoms with Crippen LogP contribution in [0.25, 0.3) is 0 Å². The molecule has 1 heterocycles. The Labute approximate surface area is 151 Å². The van der Waals surface area contributed by atoms with Gasteiger partial charge in [-0.1, -0.05) is 0 Å². The average Bonchev–Trinajstić information content (AvgIpc) is 2.93. The van der Waals surface area contributed by atoms with Crippen LogP contribution in [0.5, 0.6) is 11.5 Å². The Morgan fingerprint density at radius 2 is 1.96 bits per heavy atom. The molecule has 1 fully saturated rings. The zero-order valence-electron chi connectivity index (χ0n) is 14.4. The summed E-state index contributed by atoms with van der Waals surface area (Å²) in [6, 6.07) is 2.33. The Morgan fingerprint density at radius 1 is 1.30 bits per heavy atom. The van der Waals surface area contributed by atoms with Crippen LogP contribution in [-0.4, -0.2) is 61.3 Å². The quantitative estimate of drug-likeness (QED) is 0.767. The number of hydrogen-bond acceptors (Lipinski definition) is 5.